The number of anilines is 1. The third-order valence-corrected chi connectivity index (χ3v) is 2.70. The highest BCUT2D eigenvalue weighted by Gasteiger charge is 2.32. The number of halogens is 4. The molecule has 0 fully saturated rings. The zero-order chi connectivity index (χ0) is 15.2. The molecule has 0 radical (unpaired) electrons. The predicted molar refractivity (Wildman–Crippen MR) is 72.6 cm³/mol. The molecule has 1 aromatic rings. The number of benzene rings is 1. The Morgan fingerprint density at radius 1 is 1.40 bits per heavy atom. The molecule has 4 nitrogen and oxygen atoms in total. The Bertz CT molecular complexity index is 467. The van der Waals surface area contributed by atoms with Crippen LogP contribution in [0.1, 0.15) is 13.3 Å². The second-order valence-corrected chi connectivity index (χ2v) is 4.73. The number of hydrogen-bond donors (Lipinski definition) is 2. The normalized spacial score (nSPS) is 11.1. The minimum atomic E-state index is -4.77. The van der Waals surface area contributed by atoms with Gasteiger partial charge >= 0.3 is 6.36 Å². The van der Waals surface area contributed by atoms with Crippen LogP contribution in [0.25, 0.3) is 0 Å². The second kappa shape index (κ2) is 7.37. The van der Waals surface area contributed by atoms with E-state index in [4.69, 9.17) is 0 Å². The quantitative estimate of drug-likeness (QED) is 0.824. The third kappa shape index (κ3) is 6.14. The smallest absolute Gasteiger partial charge is 0.404 e. The maximum Gasteiger partial charge on any atom is 0.573 e. The van der Waals surface area contributed by atoms with Crippen LogP contribution in [0.5, 0.6) is 5.75 Å². The molecule has 0 atom stereocenters. The van der Waals surface area contributed by atoms with E-state index in [1.165, 1.54) is 12.1 Å². The van der Waals surface area contributed by atoms with Gasteiger partial charge in [0.25, 0.3) is 0 Å². The van der Waals surface area contributed by atoms with E-state index in [0.717, 1.165) is 0 Å². The summed E-state index contributed by atoms with van der Waals surface area (Å²) in [5.74, 6) is -0.516. The lowest BCUT2D eigenvalue weighted by Gasteiger charge is -2.15. The van der Waals surface area contributed by atoms with Crippen LogP contribution < -0.4 is 15.4 Å². The molecule has 8 heteroatoms. The number of amides is 1. The van der Waals surface area contributed by atoms with E-state index < -0.39 is 6.36 Å². The van der Waals surface area contributed by atoms with Crippen molar-refractivity contribution < 1.29 is 22.7 Å². The largest absolute Gasteiger partial charge is 0.573 e. The molecule has 0 aliphatic rings. The summed E-state index contributed by atoms with van der Waals surface area (Å²) in [6, 6.07) is 4.24. The first-order valence-electron chi connectivity index (χ1n) is 5.87. The Labute approximate surface area is 122 Å². The minimum absolute atomic E-state index is 0.162. The average Bonchev–Trinajstić information content (AvgIpc) is 2.30. The van der Waals surface area contributed by atoms with Crippen LogP contribution in [-0.4, -0.2) is 25.4 Å². The highest BCUT2D eigenvalue weighted by Crippen LogP contribution is 2.32. The monoisotopic (exact) mass is 354 g/mol. The molecule has 0 spiro atoms. The lowest BCUT2D eigenvalue weighted by molar-refractivity contribution is -0.274. The van der Waals surface area contributed by atoms with Gasteiger partial charge in [-0.05, 0) is 25.1 Å². The Hall–Kier alpha value is -1.44. The van der Waals surface area contributed by atoms with Gasteiger partial charge in [0.2, 0.25) is 5.91 Å². The van der Waals surface area contributed by atoms with Crippen molar-refractivity contribution in [1.29, 1.82) is 0 Å². The van der Waals surface area contributed by atoms with Crippen LogP contribution in [0.4, 0.5) is 18.9 Å². The molecule has 0 aliphatic carbocycles. The molecular formula is C12H14BrF3N2O2. The number of carbonyl (C=O) groups is 1. The molecule has 1 aromatic carbocycles. The summed E-state index contributed by atoms with van der Waals surface area (Å²) in [5.41, 5.74) is 0.176. The Kier molecular flexibility index (Phi) is 6.12. The van der Waals surface area contributed by atoms with Gasteiger partial charge in [-0.2, -0.15) is 0 Å². The summed E-state index contributed by atoms with van der Waals surface area (Å²) in [4.78, 5) is 11.2. The number of hydrogen-bond acceptors (Lipinski definition) is 3. The molecule has 0 unspecified atom stereocenters. The number of carbonyl (C=O) groups excluding carboxylic acids is 1. The second-order valence-electron chi connectivity index (χ2n) is 3.82. The van der Waals surface area contributed by atoms with Gasteiger partial charge in [0, 0.05) is 24.0 Å². The zero-order valence-corrected chi connectivity index (χ0v) is 12.3. The minimum Gasteiger partial charge on any atom is -0.404 e. The molecule has 112 valence electrons. The highest BCUT2D eigenvalue weighted by molar-refractivity contribution is 9.10. The number of nitrogens with one attached hydrogen (secondary N) is 2. The van der Waals surface area contributed by atoms with E-state index in [1.807, 2.05) is 0 Å². The molecule has 0 saturated heterocycles. The van der Waals surface area contributed by atoms with Crippen molar-refractivity contribution in [2.24, 2.45) is 0 Å². The maximum absolute atomic E-state index is 12.3. The Morgan fingerprint density at radius 2 is 2.10 bits per heavy atom. The van der Waals surface area contributed by atoms with Crippen molar-refractivity contribution in [1.82, 2.24) is 5.32 Å². The average molecular weight is 355 g/mol. The molecule has 2 N–H and O–H groups in total. The third-order valence-electron chi connectivity index (χ3n) is 2.21. The fourth-order valence-electron chi connectivity index (χ4n) is 1.45. The first kappa shape index (κ1) is 16.6. The summed E-state index contributed by atoms with van der Waals surface area (Å²) in [6.07, 6.45) is -4.60. The van der Waals surface area contributed by atoms with Crippen molar-refractivity contribution in [3.63, 3.8) is 0 Å². The summed E-state index contributed by atoms with van der Waals surface area (Å²) >= 11 is 3.08. The van der Waals surface area contributed by atoms with E-state index in [2.05, 4.69) is 31.3 Å². The Morgan fingerprint density at radius 3 is 2.70 bits per heavy atom. The van der Waals surface area contributed by atoms with Gasteiger partial charge in [0.05, 0.1) is 5.69 Å². The predicted octanol–water partition coefficient (Wildman–Crippen LogP) is 3.29. The lowest BCUT2D eigenvalue weighted by Crippen LogP contribution is -2.25. The van der Waals surface area contributed by atoms with Crippen LogP contribution >= 0.6 is 15.9 Å². The van der Waals surface area contributed by atoms with Gasteiger partial charge in [0.1, 0.15) is 0 Å². The van der Waals surface area contributed by atoms with Gasteiger partial charge in [0.15, 0.2) is 5.75 Å². The summed E-state index contributed by atoms with van der Waals surface area (Å²) in [5, 5.41) is 5.34. The number of rotatable bonds is 6. The van der Waals surface area contributed by atoms with Gasteiger partial charge < -0.3 is 15.4 Å². The standard InChI is InChI=1S/C12H14BrF3N2O2/c1-2-17-11(19)5-6-18-9-4-3-8(13)7-10(9)20-12(14,15)16/h3-4,7,18H,2,5-6H2,1H3,(H,17,19). The van der Waals surface area contributed by atoms with E-state index in [1.54, 1.807) is 13.0 Å². The van der Waals surface area contributed by atoms with Crippen LogP contribution in [0.2, 0.25) is 0 Å². The molecule has 0 aliphatic heterocycles. The SMILES string of the molecule is CCNC(=O)CCNc1ccc(Br)cc1OC(F)(F)F. The topological polar surface area (TPSA) is 50.4 Å². The molecule has 1 amide bonds. The molecule has 20 heavy (non-hydrogen) atoms. The van der Waals surface area contributed by atoms with Crippen molar-refractivity contribution in [3.05, 3.63) is 22.7 Å². The highest BCUT2D eigenvalue weighted by atomic mass is 79.9. The van der Waals surface area contributed by atoms with Crippen LogP contribution in [-0.2, 0) is 4.79 Å². The molecule has 0 saturated carbocycles. The fraction of sp³-hybridized carbons (Fsp3) is 0.417. The van der Waals surface area contributed by atoms with E-state index in [-0.39, 0.29) is 30.3 Å². The maximum atomic E-state index is 12.3. The molecular weight excluding hydrogens is 341 g/mol. The molecule has 1 rings (SSSR count). The molecule has 0 bridgehead atoms. The summed E-state index contributed by atoms with van der Waals surface area (Å²) in [7, 11) is 0. The van der Waals surface area contributed by atoms with Crippen LogP contribution in [0, 0.1) is 0 Å². The van der Waals surface area contributed by atoms with Gasteiger partial charge in [-0.3, -0.25) is 4.79 Å². The van der Waals surface area contributed by atoms with Crippen molar-refractivity contribution in [3.8, 4) is 5.75 Å². The molecule has 0 heterocycles. The van der Waals surface area contributed by atoms with Crippen LogP contribution in [0.15, 0.2) is 22.7 Å². The first-order valence-corrected chi connectivity index (χ1v) is 6.67. The zero-order valence-electron chi connectivity index (χ0n) is 10.7. The van der Waals surface area contributed by atoms with Gasteiger partial charge in [-0.25, -0.2) is 0 Å². The first-order chi connectivity index (χ1) is 9.31. The van der Waals surface area contributed by atoms with Gasteiger partial charge in [-0.15, -0.1) is 13.2 Å². The number of alkyl halides is 3. The van der Waals surface area contributed by atoms with Crippen molar-refractivity contribution in [2.75, 3.05) is 18.4 Å². The fourth-order valence-corrected chi connectivity index (χ4v) is 1.79. The van der Waals surface area contributed by atoms with Crippen molar-refractivity contribution in [2.45, 2.75) is 19.7 Å². The lowest BCUT2D eigenvalue weighted by atomic mass is 10.3. The number of ether oxygens (including phenoxy) is 1. The van der Waals surface area contributed by atoms with Gasteiger partial charge in [-0.1, -0.05) is 15.9 Å². The summed E-state index contributed by atoms with van der Waals surface area (Å²) in [6.45, 7) is 2.51. The Balaban J connectivity index is 2.67. The molecule has 0 aromatic heterocycles. The van der Waals surface area contributed by atoms with Crippen LogP contribution in [0.3, 0.4) is 0 Å². The van der Waals surface area contributed by atoms with E-state index in [9.17, 15) is 18.0 Å². The van der Waals surface area contributed by atoms with Crippen molar-refractivity contribution >= 4 is 27.5 Å². The summed E-state index contributed by atoms with van der Waals surface area (Å²) < 4.78 is 41.2. The van der Waals surface area contributed by atoms with E-state index >= 15 is 0 Å². The van der Waals surface area contributed by atoms with E-state index in [0.29, 0.717) is 11.0 Å².